The van der Waals surface area contributed by atoms with Crippen LogP contribution in [-0.2, 0) is 6.61 Å². The predicted molar refractivity (Wildman–Crippen MR) is 78.0 cm³/mol. The summed E-state index contributed by atoms with van der Waals surface area (Å²) in [6, 6.07) is 7.08. The number of ether oxygens (including phenoxy) is 1. The van der Waals surface area contributed by atoms with Crippen LogP contribution in [0.3, 0.4) is 0 Å². The highest BCUT2D eigenvalue weighted by molar-refractivity contribution is 5.92. The van der Waals surface area contributed by atoms with Crippen LogP contribution in [0.5, 0.6) is 5.75 Å². The van der Waals surface area contributed by atoms with Gasteiger partial charge in [-0.1, -0.05) is 6.07 Å². The van der Waals surface area contributed by atoms with Crippen LogP contribution in [0.2, 0.25) is 0 Å². The standard InChI is InChI=1S/C15H18FN3O3/c1-10(8-20)19(2)15(21)14-7-12(17-18-14)9-22-13-5-3-4-11(16)6-13/h3-7,10,20H,8-9H2,1-2H3,(H,17,18)/t10-/m0/s1. The Bertz CT molecular complexity index is 644. The largest absolute Gasteiger partial charge is 0.487 e. The van der Waals surface area contributed by atoms with E-state index in [1.807, 2.05) is 0 Å². The van der Waals surface area contributed by atoms with E-state index in [1.54, 1.807) is 32.2 Å². The van der Waals surface area contributed by atoms with Crippen molar-refractivity contribution in [3.63, 3.8) is 0 Å². The Morgan fingerprint density at radius 1 is 1.50 bits per heavy atom. The Morgan fingerprint density at radius 3 is 2.95 bits per heavy atom. The number of carbonyl (C=O) groups excluding carboxylic acids is 1. The lowest BCUT2D eigenvalue weighted by molar-refractivity contribution is 0.0676. The zero-order valence-electron chi connectivity index (χ0n) is 12.4. The second kappa shape index (κ2) is 7.04. The van der Waals surface area contributed by atoms with Crippen molar-refractivity contribution in [3.05, 3.63) is 47.5 Å². The van der Waals surface area contributed by atoms with Crippen molar-refractivity contribution in [3.8, 4) is 5.75 Å². The number of amides is 1. The Hall–Kier alpha value is -2.41. The summed E-state index contributed by atoms with van der Waals surface area (Å²) < 4.78 is 18.4. The summed E-state index contributed by atoms with van der Waals surface area (Å²) in [7, 11) is 1.60. The molecule has 0 aliphatic rings. The van der Waals surface area contributed by atoms with Crippen LogP contribution in [-0.4, -0.2) is 45.8 Å². The smallest absolute Gasteiger partial charge is 0.274 e. The lowest BCUT2D eigenvalue weighted by Gasteiger charge is -2.21. The van der Waals surface area contributed by atoms with Crippen molar-refractivity contribution in [2.75, 3.05) is 13.7 Å². The quantitative estimate of drug-likeness (QED) is 0.849. The summed E-state index contributed by atoms with van der Waals surface area (Å²) in [5.41, 5.74) is 0.832. The van der Waals surface area contributed by atoms with Crippen molar-refractivity contribution in [2.24, 2.45) is 0 Å². The zero-order valence-corrected chi connectivity index (χ0v) is 12.4. The van der Waals surface area contributed by atoms with Gasteiger partial charge in [0.05, 0.1) is 18.3 Å². The fourth-order valence-corrected chi connectivity index (χ4v) is 1.77. The number of nitrogens with one attached hydrogen (secondary N) is 1. The van der Waals surface area contributed by atoms with E-state index >= 15 is 0 Å². The molecule has 0 radical (unpaired) electrons. The minimum Gasteiger partial charge on any atom is -0.487 e. The number of carbonyl (C=O) groups is 1. The molecule has 0 saturated carbocycles. The van der Waals surface area contributed by atoms with E-state index in [0.717, 1.165) is 0 Å². The summed E-state index contributed by atoms with van der Waals surface area (Å²) in [6.07, 6.45) is 0. The first kappa shape index (κ1) is 16.0. The number of hydrogen-bond donors (Lipinski definition) is 2. The highest BCUT2D eigenvalue weighted by Gasteiger charge is 2.19. The maximum atomic E-state index is 13.0. The molecule has 1 aromatic carbocycles. The molecular weight excluding hydrogens is 289 g/mol. The summed E-state index contributed by atoms with van der Waals surface area (Å²) in [6.45, 7) is 1.75. The van der Waals surface area contributed by atoms with Crippen LogP contribution in [0.15, 0.2) is 30.3 Å². The average molecular weight is 307 g/mol. The number of aliphatic hydroxyl groups is 1. The molecule has 0 aliphatic heterocycles. The molecule has 1 atom stereocenters. The van der Waals surface area contributed by atoms with E-state index in [2.05, 4.69) is 10.2 Å². The summed E-state index contributed by atoms with van der Waals surface area (Å²) in [5, 5.41) is 15.7. The lowest BCUT2D eigenvalue weighted by atomic mass is 10.2. The molecule has 0 spiro atoms. The molecular formula is C15H18FN3O3. The number of likely N-dealkylation sites (N-methyl/N-ethyl adjacent to an activating group) is 1. The lowest BCUT2D eigenvalue weighted by Crippen LogP contribution is -2.37. The third-order valence-electron chi connectivity index (χ3n) is 3.29. The maximum Gasteiger partial charge on any atom is 0.274 e. The molecule has 2 rings (SSSR count). The van der Waals surface area contributed by atoms with Gasteiger partial charge in [0.25, 0.3) is 5.91 Å². The average Bonchev–Trinajstić information content (AvgIpc) is 2.99. The summed E-state index contributed by atoms with van der Waals surface area (Å²) in [4.78, 5) is 13.5. The molecule has 6 nitrogen and oxygen atoms in total. The van der Waals surface area contributed by atoms with Crippen LogP contribution < -0.4 is 4.74 Å². The van der Waals surface area contributed by atoms with E-state index < -0.39 is 0 Å². The Balaban J connectivity index is 1.98. The number of nitrogens with zero attached hydrogens (tertiary/aromatic N) is 2. The molecule has 0 aliphatic carbocycles. The van der Waals surface area contributed by atoms with Crippen LogP contribution >= 0.6 is 0 Å². The fraction of sp³-hybridized carbons (Fsp3) is 0.333. The molecule has 1 aromatic heterocycles. The summed E-state index contributed by atoms with van der Waals surface area (Å²) >= 11 is 0. The molecule has 2 N–H and O–H groups in total. The number of benzene rings is 1. The van der Waals surface area contributed by atoms with E-state index in [4.69, 9.17) is 9.84 Å². The molecule has 0 saturated heterocycles. The number of aromatic amines is 1. The van der Waals surface area contributed by atoms with Crippen molar-refractivity contribution < 1.29 is 19.0 Å². The van der Waals surface area contributed by atoms with Gasteiger partial charge in [-0.05, 0) is 25.1 Å². The highest BCUT2D eigenvalue weighted by Crippen LogP contribution is 2.14. The Kier molecular flexibility index (Phi) is 5.11. The number of aliphatic hydroxyl groups excluding tert-OH is 1. The van der Waals surface area contributed by atoms with Crippen LogP contribution in [0.4, 0.5) is 4.39 Å². The van der Waals surface area contributed by atoms with Gasteiger partial charge in [-0.25, -0.2) is 4.39 Å². The first-order chi connectivity index (χ1) is 10.5. The molecule has 0 unspecified atom stereocenters. The van der Waals surface area contributed by atoms with Gasteiger partial charge in [-0.15, -0.1) is 0 Å². The molecule has 0 fully saturated rings. The van der Waals surface area contributed by atoms with Gasteiger partial charge in [-0.3, -0.25) is 9.89 Å². The summed E-state index contributed by atoms with van der Waals surface area (Å²) in [5.74, 6) is -0.277. The van der Waals surface area contributed by atoms with Crippen molar-refractivity contribution in [1.29, 1.82) is 0 Å². The molecule has 1 amide bonds. The second-order valence-electron chi connectivity index (χ2n) is 4.97. The number of aromatic nitrogens is 2. The highest BCUT2D eigenvalue weighted by atomic mass is 19.1. The van der Waals surface area contributed by atoms with Crippen LogP contribution in [0.25, 0.3) is 0 Å². The Morgan fingerprint density at radius 2 is 2.27 bits per heavy atom. The van der Waals surface area contributed by atoms with Gasteiger partial charge in [0.15, 0.2) is 5.69 Å². The molecule has 2 aromatic rings. The van der Waals surface area contributed by atoms with Crippen LogP contribution in [0.1, 0.15) is 23.1 Å². The molecule has 7 heteroatoms. The van der Waals surface area contributed by atoms with E-state index in [9.17, 15) is 9.18 Å². The molecule has 1 heterocycles. The molecule has 22 heavy (non-hydrogen) atoms. The third-order valence-corrected chi connectivity index (χ3v) is 3.29. The van der Waals surface area contributed by atoms with Gasteiger partial charge >= 0.3 is 0 Å². The first-order valence-electron chi connectivity index (χ1n) is 6.82. The van der Waals surface area contributed by atoms with Gasteiger partial charge < -0.3 is 14.7 Å². The van der Waals surface area contributed by atoms with Gasteiger partial charge in [0.2, 0.25) is 0 Å². The topological polar surface area (TPSA) is 78.5 Å². The van der Waals surface area contributed by atoms with Gasteiger partial charge in [0.1, 0.15) is 18.2 Å². The van der Waals surface area contributed by atoms with Gasteiger partial charge in [0, 0.05) is 13.1 Å². The number of rotatable bonds is 6. The van der Waals surface area contributed by atoms with E-state index in [0.29, 0.717) is 11.4 Å². The normalized spacial score (nSPS) is 12.0. The maximum absolute atomic E-state index is 13.0. The van der Waals surface area contributed by atoms with Crippen molar-refractivity contribution >= 4 is 5.91 Å². The Labute approximate surface area is 127 Å². The third kappa shape index (κ3) is 3.82. The molecule has 0 bridgehead atoms. The van der Waals surface area contributed by atoms with E-state index in [1.165, 1.54) is 17.0 Å². The van der Waals surface area contributed by atoms with Crippen molar-refractivity contribution in [1.82, 2.24) is 15.1 Å². The van der Waals surface area contributed by atoms with E-state index in [-0.39, 0.29) is 36.7 Å². The minimum atomic E-state index is -0.377. The van der Waals surface area contributed by atoms with Gasteiger partial charge in [-0.2, -0.15) is 5.10 Å². The monoisotopic (exact) mass is 307 g/mol. The number of halogens is 1. The zero-order chi connectivity index (χ0) is 16.1. The first-order valence-corrected chi connectivity index (χ1v) is 6.82. The second-order valence-corrected chi connectivity index (χ2v) is 4.97. The minimum absolute atomic E-state index is 0.123. The molecule has 118 valence electrons. The van der Waals surface area contributed by atoms with Crippen LogP contribution in [0, 0.1) is 5.82 Å². The predicted octanol–water partition coefficient (Wildman–Crippen LogP) is 1.58. The number of hydrogen-bond acceptors (Lipinski definition) is 4. The SMILES string of the molecule is C[C@@H](CO)N(C)C(=O)c1cc(COc2cccc(F)c2)[nH]n1. The van der Waals surface area contributed by atoms with Crippen molar-refractivity contribution in [2.45, 2.75) is 19.6 Å². The fourth-order valence-electron chi connectivity index (χ4n) is 1.77. The number of H-pyrrole nitrogens is 1.